The number of pyridine rings is 1. The fourth-order valence-corrected chi connectivity index (χ4v) is 9.75. The van der Waals surface area contributed by atoms with Gasteiger partial charge in [-0.05, 0) is 62.6 Å². The first-order chi connectivity index (χ1) is 22.2. The topological polar surface area (TPSA) is 34.9 Å². The van der Waals surface area contributed by atoms with Gasteiger partial charge in [-0.3, -0.25) is 4.98 Å². The second-order valence-corrected chi connectivity index (χ2v) is 14.3. The number of benzene rings is 7. The van der Waals surface area contributed by atoms with Gasteiger partial charge in [0.05, 0.1) is 22.9 Å². The normalized spacial score (nSPS) is 12.1. The molecule has 0 aliphatic carbocycles. The van der Waals surface area contributed by atoms with Gasteiger partial charge in [0.25, 0.3) is 0 Å². The van der Waals surface area contributed by atoms with E-state index in [1.807, 2.05) is 72.9 Å². The average molecular weight is 595 g/mol. The maximum absolute atomic E-state index is 15.4. The Bertz CT molecular complexity index is 2570. The summed E-state index contributed by atoms with van der Waals surface area (Å²) in [5.41, 5.74) is 3.07. The van der Waals surface area contributed by atoms with Crippen molar-refractivity contribution in [2.24, 2.45) is 0 Å². The molecule has 0 radical (unpaired) electrons. The summed E-state index contributed by atoms with van der Waals surface area (Å²) in [6.45, 7) is 0. The highest BCUT2D eigenvalue weighted by Gasteiger charge is 2.30. The molecule has 0 aliphatic rings. The van der Waals surface area contributed by atoms with Gasteiger partial charge >= 0.3 is 0 Å². The Morgan fingerprint density at radius 3 is 1.53 bits per heavy atom. The van der Waals surface area contributed by atoms with E-state index in [0.29, 0.717) is 0 Å². The summed E-state index contributed by atoms with van der Waals surface area (Å²) in [4.78, 5) is 4.50. The third kappa shape index (κ3) is 3.84. The lowest BCUT2D eigenvalue weighted by Gasteiger charge is -2.20. The Morgan fingerprint density at radius 2 is 0.956 bits per heavy atom. The summed E-state index contributed by atoms with van der Waals surface area (Å²) in [6, 6.07) is 52.2. The molecule has 0 unspecified atom stereocenters. The second-order valence-electron chi connectivity index (χ2n) is 11.5. The molecular formula is C41H27N2OP. The summed E-state index contributed by atoms with van der Waals surface area (Å²) in [5, 5.41) is 12.1. The first-order valence-electron chi connectivity index (χ1n) is 15.2. The van der Waals surface area contributed by atoms with E-state index in [4.69, 9.17) is 0 Å². The zero-order valence-corrected chi connectivity index (χ0v) is 25.2. The van der Waals surface area contributed by atoms with Crippen molar-refractivity contribution < 1.29 is 4.57 Å². The van der Waals surface area contributed by atoms with Gasteiger partial charge in [-0.1, -0.05) is 121 Å². The minimum atomic E-state index is -3.17. The van der Waals surface area contributed by atoms with Gasteiger partial charge in [-0.25, -0.2) is 0 Å². The molecule has 0 atom stereocenters. The first-order valence-corrected chi connectivity index (χ1v) is 16.9. The van der Waals surface area contributed by atoms with Crippen molar-refractivity contribution in [3.05, 3.63) is 164 Å². The molecule has 0 N–H and O–H groups in total. The van der Waals surface area contributed by atoms with Crippen LogP contribution in [0.2, 0.25) is 0 Å². The van der Waals surface area contributed by atoms with Crippen molar-refractivity contribution in [1.29, 1.82) is 0 Å². The quantitative estimate of drug-likeness (QED) is 0.150. The lowest BCUT2D eigenvalue weighted by Crippen LogP contribution is -2.25. The predicted molar refractivity (Wildman–Crippen MR) is 190 cm³/mol. The SMILES string of the molecule is O=P(c1ccccc1)(c1ccccc1)c1ccc2c3cc4c5ccccc5c5ccccc5c4cc3n(-c3cccnc3)c2c1. The third-order valence-electron chi connectivity index (χ3n) is 9.12. The zero-order chi connectivity index (χ0) is 30.0. The molecule has 7 aromatic carbocycles. The maximum Gasteiger partial charge on any atom is 0.171 e. The van der Waals surface area contributed by atoms with Crippen LogP contribution in [-0.4, -0.2) is 9.55 Å². The zero-order valence-electron chi connectivity index (χ0n) is 24.3. The van der Waals surface area contributed by atoms with Crippen LogP contribution in [0.4, 0.5) is 0 Å². The molecule has 0 fully saturated rings. The molecule has 0 bridgehead atoms. The summed E-state index contributed by atoms with van der Waals surface area (Å²) < 4.78 is 17.7. The van der Waals surface area contributed by atoms with Gasteiger partial charge in [0.15, 0.2) is 7.14 Å². The molecule has 3 nitrogen and oxygen atoms in total. The largest absolute Gasteiger partial charge is 0.309 e. The molecule has 0 saturated carbocycles. The highest BCUT2D eigenvalue weighted by molar-refractivity contribution is 7.85. The molecular weight excluding hydrogens is 567 g/mol. The Balaban J connectivity index is 1.43. The number of hydrogen-bond donors (Lipinski definition) is 0. The molecule has 0 aliphatic heterocycles. The molecule has 0 saturated heterocycles. The van der Waals surface area contributed by atoms with Crippen LogP contribution >= 0.6 is 7.14 Å². The van der Waals surface area contributed by atoms with Gasteiger partial charge in [0.1, 0.15) is 0 Å². The monoisotopic (exact) mass is 594 g/mol. The van der Waals surface area contributed by atoms with E-state index in [9.17, 15) is 0 Å². The third-order valence-corrected chi connectivity index (χ3v) is 12.2. The molecule has 9 aromatic rings. The molecule has 45 heavy (non-hydrogen) atoms. The molecule has 212 valence electrons. The van der Waals surface area contributed by atoms with Crippen molar-refractivity contribution in [1.82, 2.24) is 9.55 Å². The fourth-order valence-electron chi connectivity index (χ4n) is 7.09. The van der Waals surface area contributed by atoms with Crippen LogP contribution in [0.1, 0.15) is 0 Å². The Labute approximate surface area is 260 Å². The average Bonchev–Trinajstić information content (AvgIpc) is 3.44. The summed E-state index contributed by atoms with van der Waals surface area (Å²) in [6.07, 6.45) is 3.71. The molecule has 0 amide bonds. The van der Waals surface area contributed by atoms with Gasteiger partial charge < -0.3 is 9.13 Å². The smallest absolute Gasteiger partial charge is 0.171 e. The number of nitrogens with zero attached hydrogens (tertiary/aromatic N) is 2. The van der Waals surface area contributed by atoms with E-state index in [-0.39, 0.29) is 0 Å². The van der Waals surface area contributed by atoms with E-state index in [0.717, 1.165) is 43.4 Å². The second kappa shape index (κ2) is 10.0. The van der Waals surface area contributed by atoms with Crippen molar-refractivity contribution in [3.63, 3.8) is 0 Å². The first kappa shape index (κ1) is 25.9. The lowest BCUT2D eigenvalue weighted by molar-refractivity contribution is 0.592. The van der Waals surface area contributed by atoms with Gasteiger partial charge in [0, 0.05) is 32.9 Å². The van der Waals surface area contributed by atoms with E-state index in [2.05, 4.69) is 94.5 Å². The standard InChI is InChI=1S/C41H27N2OP/c44-45(29-13-3-1-4-14-29,30-15-5-2-6-16-30)31-21-22-36-39-25-37-34-19-9-7-17-32(34)33-18-8-10-20-35(33)38(37)26-41(39)43(40(36)24-31)28-12-11-23-42-27-28/h1-27H. The fraction of sp³-hybridized carbons (Fsp3) is 0. The molecule has 9 rings (SSSR count). The van der Waals surface area contributed by atoms with Gasteiger partial charge in [-0.2, -0.15) is 0 Å². The van der Waals surface area contributed by atoms with Crippen LogP contribution in [0.15, 0.2) is 164 Å². The minimum Gasteiger partial charge on any atom is -0.309 e. The number of rotatable bonds is 4. The van der Waals surface area contributed by atoms with Crippen LogP contribution in [0, 0.1) is 0 Å². The van der Waals surface area contributed by atoms with E-state index in [1.54, 1.807) is 6.20 Å². The maximum atomic E-state index is 15.4. The van der Waals surface area contributed by atoms with Crippen LogP contribution in [0.25, 0.3) is 59.8 Å². The highest BCUT2D eigenvalue weighted by Crippen LogP contribution is 2.45. The van der Waals surface area contributed by atoms with Crippen molar-refractivity contribution in [2.75, 3.05) is 0 Å². The van der Waals surface area contributed by atoms with Crippen LogP contribution in [-0.2, 0) is 4.57 Å². The van der Waals surface area contributed by atoms with Crippen molar-refractivity contribution >= 4 is 77.2 Å². The summed E-state index contributed by atoms with van der Waals surface area (Å²) in [7, 11) is -3.17. The predicted octanol–water partition coefficient (Wildman–Crippen LogP) is 9.28. The minimum absolute atomic E-state index is 0.806. The Hall–Kier alpha value is -5.50. The van der Waals surface area contributed by atoms with Gasteiger partial charge in [0.2, 0.25) is 0 Å². The summed E-state index contributed by atoms with van der Waals surface area (Å²) >= 11 is 0. The Kier molecular flexibility index (Phi) is 5.78. The number of fused-ring (bicyclic) bond motifs is 9. The van der Waals surface area contributed by atoms with Crippen molar-refractivity contribution in [2.45, 2.75) is 0 Å². The lowest BCUT2D eigenvalue weighted by atomic mass is 9.93. The summed E-state index contributed by atoms with van der Waals surface area (Å²) in [5.74, 6) is 0. The van der Waals surface area contributed by atoms with Crippen LogP contribution in [0.5, 0.6) is 0 Å². The van der Waals surface area contributed by atoms with Crippen LogP contribution < -0.4 is 15.9 Å². The van der Waals surface area contributed by atoms with Crippen molar-refractivity contribution in [3.8, 4) is 5.69 Å². The molecule has 4 heteroatoms. The number of aromatic nitrogens is 2. The highest BCUT2D eigenvalue weighted by atomic mass is 31.2. The Morgan fingerprint density at radius 1 is 0.422 bits per heavy atom. The van der Waals surface area contributed by atoms with E-state index in [1.165, 1.54) is 32.3 Å². The van der Waals surface area contributed by atoms with Crippen LogP contribution in [0.3, 0.4) is 0 Å². The number of hydrogen-bond acceptors (Lipinski definition) is 2. The molecule has 0 spiro atoms. The van der Waals surface area contributed by atoms with E-state index < -0.39 is 7.14 Å². The van der Waals surface area contributed by atoms with E-state index >= 15 is 4.57 Å². The molecule has 2 aromatic heterocycles. The molecule has 2 heterocycles. The van der Waals surface area contributed by atoms with Gasteiger partial charge in [-0.15, -0.1) is 0 Å².